The molecule has 34 heavy (non-hydrogen) atoms. The smallest absolute Gasteiger partial charge is 0.309 e. The second kappa shape index (κ2) is 8.87. The van der Waals surface area contributed by atoms with Crippen LogP contribution in [0, 0.1) is 45.8 Å². The third-order valence-corrected chi connectivity index (χ3v) is 12.3. The van der Waals surface area contributed by atoms with E-state index in [0.717, 1.165) is 77.0 Å². The first-order valence-corrected chi connectivity index (χ1v) is 14.2. The predicted molar refractivity (Wildman–Crippen MR) is 130 cm³/mol. The maximum Gasteiger partial charge on any atom is 0.309 e. The van der Waals surface area contributed by atoms with Crippen LogP contribution in [0.5, 0.6) is 0 Å². The highest BCUT2D eigenvalue weighted by Gasteiger charge is 2.67. The van der Waals surface area contributed by atoms with E-state index in [1.807, 2.05) is 0 Å². The Labute approximate surface area is 205 Å². The Bertz CT molecular complexity index is 804. The Morgan fingerprint density at radius 1 is 0.882 bits per heavy atom. The van der Waals surface area contributed by atoms with E-state index in [1.54, 1.807) is 0 Å². The summed E-state index contributed by atoms with van der Waals surface area (Å²) in [6.45, 7) is 6.88. The highest BCUT2D eigenvalue weighted by atomic mass is 16.6. The van der Waals surface area contributed by atoms with Gasteiger partial charge in [-0.3, -0.25) is 9.59 Å². The molecule has 0 aromatic carbocycles. The molecule has 0 bridgehead atoms. The SMILES string of the molecule is CC12CCC3(C)C(CCC4CC(O)C(OC(=O)C5CCCCC5)CC43C)C1CCC2C(=O)CO. The van der Waals surface area contributed by atoms with E-state index in [9.17, 15) is 19.8 Å². The normalized spacial score (nSPS) is 49.0. The van der Waals surface area contributed by atoms with E-state index in [2.05, 4.69) is 20.8 Å². The van der Waals surface area contributed by atoms with Crippen LogP contribution >= 0.6 is 0 Å². The third kappa shape index (κ3) is 3.62. The molecule has 0 spiro atoms. The van der Waals surface area contributed by atoms with Crippen LogP contribution in [-0.4, -0.2) is 40.8 Å². The van der Waals surface area contributed by atoms with E-state index in [0.29, 0.717) is 17.8 Å². The molecule has 5 aliphatic carbocycles. The van der Waals surface area contributed by atoms with E-state index < -0.39 is 12.2 Å². The van der Waals surface area contributed by atoms with Gasteiger partial charge in [-0.25, -0.2) is 0 Å². The van der Waals surface area contributed by atoms with Gasteiger partial charge >= 0.3 is 5.97 Å². The first kappa shape index (κ1) is 24.7. The predicted octanol–water partition coefficient (Wildman–Crippen LogP) is 5.06. The maximum absolute atomic E-state index is 13.0. The largest absolute Gasteiger partial charge is 0.459 e. The van der Waals surface area contributed by atoms with E-state index in [4.69, 9.17) is 4.74 Å². The van der Waals surface area contributed by atoms with Crippen molar-refractivity contribution in [3.05, 3.63) is 0 Å². The van der Waals surface area contributed by atoms with Crippen molar-refractivity contribution in [2.75, 3.05) is 6.61 Å². The molecular weight excluding hydrogens is 428 g/mol. The Morgan fingerprint density at radius 3 is 2.29 bits per heavy atom. The van der Waals surface area contributed by atoms with Crippen LogP contribution < -0.4 is 0 Å². The Hall–Kier alpha value is -0.940. The van der Waals surface area contributed by atoms with Crippen LogP contribution in [0.2, 0.25) is 0 Å². The summed E-state index contributed by atoms with van der Waals surface area (Å²) in [4.78, 5) is 25.6. The standard InChI is InChI=1S/C29H46O5/c1-27-13-14-28(2)21(20(27)11-12-22(27)24(32)17-30)10-9-19-15-23(31)25(16-29(19,28)3)34-26(33)18-7-5-4-6-8-18/h18-23,25,30-31H,4-17H2,1-3H3. The Kier molecular flexibility index (Phi) is 6.45. The second-order valence-corrected chi connectivity index (χ2v) is 13.4. The number of carbonyl (C=O) groups is 2. The maximum atomic E-state index is 13.0. The molecule has 0 heterocycles. The number of esters is 1. The Balaban J connectivity index is 1.37. The van der Waals surface area contributed by atoms with Crippen molar-refractivity contribution in [3.8, 4) is 0 Å². The van der Waals surface area contributed by atoms with Gasteiger partial charge in [-0.1, -0.05) is 40.0 Å². The molecule has 5 fully saturated rings. The van der Waals surface area contributed by atoms with Gasteiger partial charge in [-0.05, 0) is 98.2 Å². The van der Waals surface area contributed by atoms with Crippen molar-refractivity contribution in [3.63, 3.8) is 0 Å². The fourth-order valence-corrected chi connectivity index (χ4v) is 9.96. The zero-order chi connectivity index (χ0) is 24.3. The number of Topliss-reactive ketones (excluding diaryl/α,β-unsaturated/α-hetero) is 1. The fourth-order valence-electron chi connectivity index (χ4n) is 9.96. The molecule has 9 unspecified atom stereocenters. The number of fused-ring (bicyclic) bond motifs is 5. The molecule has 0 amide bonds. The lowest BCUT2D eigenvalue weighted by Gasteiger charge is -2.67. The molecule has 0 aromatic rings. The number of hydrogen-bond acceptors (Lipinski definition) is 5. The summed E-state index contributed by atoms with van der Waals surface area (Å²) in [6, 6.07) is 0. The highest BCUT2D eigenvalue weighted by Crippen LogP contribution is 2.72. The number of hydrogen-bond donors (Lipinski definition) is 2. The lowest BCUT2D eigenvalue weighted by Crippen LogP contribution is -2.62. The van der Waals surface area contributed by atoms with Gasteiger partial charge < -0.3 is 14.9 Å². The summed E-state index contributed by atoms with van der Waals surface area (Å²) in [5, 5.41) is 20.6. The molecule has 0 radical (unpaired) electrons. The minimum atomic E-state index is -0.558. The van der Waals surface area contributed by atoms with Crippen molar-refractivity contribution >= 4 is 11.8 Å². The number of aliphatic hydroxyl groups is 2. The number of aliphatic hydroxyl groups excluding tert-OH is 2. The Morgan fingerprint density at radius 2 is 1.59 bits per heavy atom. The lowest BCUT2D eigenvalue weighted by atomic mass is 9.38. The van der Waals surface area contributed by atoms with Crippen molar-refractivity contribution in [1.29, 1.82) is 0 Å². The minimum absolute atomic E-state index is 0.00467. The molecule has 5 rings (SSSR count). The molecule has 0 aromatic heterocycles. The third-order valence-electron chi connectivity index (χ3n) is 12.3. The molecule has 0 saturated heterocycles. The molecule has 192 valence electrons. The molecule has 2 N–H and O–H groups in total. The molecule has 5 nitrogen and oxygen atoms in total. The zero-order valence-electron chi connectivity index (χ0n) is 21.6. The van der Waals surface area contributed by atoms with Gasteiger partial charge in [0.15, 0.2) is 5.78 Å². The number of ketones is 1. The minimum Gasteiger partial charge on any atom is -0.459 e. The van der Waals surface area contributed by atoms with E-state index >= 15 is 0 Å². The van der Waals surface area contributed by atoms with Crippen LogP contribution in [0.25, 0.3) is 0 Å². The topological polar surface area (TPSA) is 83.8 Å². The van der Waals surface area contributed by atoms with Gasteiger partial charge in [0.1, 0.15) is 12.7 Å². The number of rotatable bonds is 4. The van der Waals surface area contributed by atoms with E-state index in [1.165, 1.54) is 6.42 Å². The average Bonchev–Trinajstić information content (AvgIpc) is 3.18. The molecule has 0 aliphatic heterocycles. The molecular formula is C29H46O5. The summed E-state index contributed by atoms with van der Waals surface area (Å²) in [7, 11) is 0. The van der Waals surface area contributed by atoms with Crippen molar-refractivity contribution in [1.82, 2.24) is 0 Å². The molecule has 9 atom stereocenters. The number of ether oxygens (including phenoxy) is 1. The van der Waals surface area contributed by atoms with Gasteiger partial charge in [0.05, 0.1) is 12.0 Å². The monoisotopic (exact) mass is 474 g/mol. The quantitative estimate of drug-likeness (QED) is 0.557. The summed E-state index contributed by atoms with van der Waals surface area (Å²) in [5.41, 5.74) is 0.133. The van der Waals surface area contributed by atoms with Gasteiger partial charge in [-0.15, -0.1) is 0 Å². The average molecular weight is 475 g/mol. The second-order valence-electron chi connectivity index (χ2n) is 13.4. The van der Waals surface area contributed by atoms with Crippen LogP contribution in [-0.2, 0) is 14.3 Å². The first-order valence-electron chi connectivity index (χ1n) is 14.2. The summed E-state index contributed by atoms with van der Waals surface area (Å²) < 4.78 is 6.09. The first-order chi connectivity index (χ1) is 16.1. The van der Waals surface area contributed by atoms with Gasteiger partial charge in [-0.2, -0.15) is 0 Å². The van der Waals surface area contributed by atoms with E-state index in [-0.39, 0.29) is 46.4 Å². The van der Waals surface area contributed by atoms with Crippen molar-refractivity contribution in [2.45, 2.75) is 116 Å². The number of carbonyl (C=O) groups excluding carboxylic acids is 2. The van der Waals surface area contributed by atoms with Gasteiger partial charge in [0.25, 0.3) is 0 Å². The van der Waals surface area contributed by atoms with Crippen LogP contribution in [0.15, 0.2) is 0 Å². The van der Waals surface area contributed by atoms with Crippen LogP contribution in [0.3, 0.4) is 0 Å². The van der Waals surface area contributed by atoms with Gasteiger partial charge in [0, 0.05) is 5.92 Å². The summed E-state index contributed by atoms with van der Waals surface area (Å²) in [6.07, 6.45) is 12.2. The van der Waals surface area contributed by atoms with Crippen molar-refractivity contribution in [2.24, 2.45) is 45.8 Å². The zero-order valence-corrected chi connectivity index (χ0v) is 21.6. The molecule has 5 saturated carbocycles. The molecule has 5 heteroatoms. The lowest BCUT2D eigenvalue weighted by molar-refractivity contribution is -0.215. The van der Waals surface area contributed by atoms with Gasteiger partial charge in [0.2, 0.25) is 0 Å². The molecule has 5 aliphatic rings. The van der Waals surface area contributed by atoms with Crippen LogP contribution in [0.1, 0.15) is 104 Å². The summed E-state index contributed by atoms with van der Waals surface area (Å²) in [5.74, 6) is 1.47. The van der Waals surface area contributed by atoms with Crippen LogP contribution in [0.4, 0.5) is 0 Å². The summed E-state index contributed by atoms with van der Waals surface area (Å²) >= 11 is 0. The highest BCUT2D eigenvalue weighted by molar-refractivity contribution is 5.83. The van der Waals surface area contributed by atoms with Crippen molar-refractivity contribution < 1.29 is 24.5 Å². The fraction of sp³-hybridized carbons (Fsp3) is 0.931.